The van der Waals surface area contributed by atoms with Gasteiger partial charge in [0.05, 0.1) is 12.1 Å². The average Bonchev–Trinajstić information content (AvgIpc) is 2.79. The third kappa shape index (κ3) is 3.07. The van der Waals surface area contributed by atoms with E-state index >= 15 is 0 Å². The molecule has 0 spiro atoms. The van der Waals surface area contributed by atoms with Crippen LogP contribution in [0.25, 0.3) is 0 Å². The lowest BCUT2D eigenvalue weighted by molar-refractivity contribution is 0.414. The molecule has 0 saturated carbocycles. The minimum Gasteiger partial charge on any atom is -0.497 e. The van der Waals surface area contributed by atoms with E-state index in [0.717, 1.165) is 12.2 Å². The summed E-state index contributed by atoms with van der Waals surface area (Å²) in [7, 11) is 1.69. The minimum absolute atomic E-state index is 0.518. The highest BCUT2D eigenvalue weighted by molar-refractivity contribution is 7.11. The third-order valence-corrected chi connectivity index (χ3v) is 3.90. The summed E-state index contributed by atoms with van der Waals surface area (Å²) in [5.74, 6) is 1.42. The maximum atomic E-state index is 5.15. The number of ether oxygens (including phenoxy) is 1. The van der Waals surface area contributed by atoms with Crippen molar-refractivity contribution >= 4 is 11.3 Å². The van der Waals surface area contributed by atoms with Gasteiger partial charge in [0.1, 0.15) is 5.75 Å². The van der Waals surface area contributed by atoms with Crippen LogP contribution in [0, 0.1) is 0 Å². The summed E-state index contributed by atoms with van der Waals surface area (Å²) < 4.78 is 5.15. The molecule has 0 aliphatic rings. The van der Waals surface area contributed by atoms with Gasteiger partial charge >= 0.3 is 0 Å². The Balaban J connectivity index is 2.08. The quantitative estimate of drug-likeness (QED) is 0.818. The van der Waals surface area contributed by atoms with Gasteiger partial charge in [0.25, 0.3) is 0 Å². The summed E-state index contributed by atoms with van der Waals surface area (Å²) in [4.78, 5) is 5.76. The molecule has 90 valence electrons. The lowest BCUT2D eigenvalue weighted by Gasteiger charge is -2.01. The van der Waals surface area contributed by atoms with Crippen LogP contribution in [0.1, 0.15) is 35.2 Å². The zero-order valence-corrected chi connectivity index (χ0v) is 11.3. The van der Waals surface area contributed by atoms with E-state index in [2.05, 4.69) is 31.0 Å². The van der Waals surface area contributed by atoms with Crippen LogP contribution in [0.15, 0.2) is 30.5 Å². The van der Waals surface area contributed by atoms with Crippen LogP contribution in [-0.4, -0.2) is 12.1 Å². The van der Waals surface area contributed by atoms with Crippen molar-refractivity contribution in [3.05, 3.63) is 45.9 Å². The number of methoxy groups -OCH3 is 1. The van der Waals surface area contributed by atoms with E-state index < -0.39 is 0 Å². The Morgan fingerprint density at radius 1 is 1.24 bits per heavy atom. The standard InChI is InChI=1S/C14H17NOS/c1-10(2)14-15-9-13(17-14)8-11-4-6-12(16-3)7-5-11/h4-7,9-10H,8H2,1-3H3. The maximum Gasteiger partial charge on any atom is 0.118 e. The summed E-state index contributed by atoms with van der Waals surface area (Å²) in [5, 5.41) is 1.22. The van der Waals surface area contributed by atoms with E-state index in [4.69, 9.17) is 4.74 Å². The highest BCUT2D eigenvalue weighted by atomic mass is 32.1. The predicted molar refractivity (Wildman–Crippen MR) is 72.0 cm³/mol. The van der Waals surface area contributed by atoms with Gasteiger partial charge in [-0.2, -0.15) is 0 Å². The number of hydrogen-bond donors (Lipinski definition) is 0. The molecular weight excluding hydrogens is 230 g/mol. The molecule has 0 fully saturated rings. The van der Waals surface area contributed by atoms with Gasteiger partial charge in [-0.1, -0.05) is 26.0 Å². The molecule has 0 bridgehead atoms. The Labute approximate surface area is 106 Å². The molecule has 1 aromatic heterocycles. The molecule has 2 aromatic rings. The predicted octanol–water partition coefficient (Wildman–Crippen LogP) is 3.87. The summed E-state index contributed by atoms with van der Waals surface area (Å²) in [5.41, 5.74) is 1.30. The number of hydrogen-bond acceptors (Lipinski definition) is 3. The van der Waals surface area contributed by atoms with Crippen LogP contribution in [0.4, 0.5) is 0 Å². The zero-order valence-electron chi connectivity index (χ0n) is 10.4. The molecular formula is C14H17NOS. The summed E-state index contributed by atoms with van der Waals surface area (Å²) >= 11 is 1.80. The van der Waals surface area contributed by atoms with E-state index in [1.807, 2.05) is 18.3 Å². The largest absolute Gasteiger partial charge is 0.497 e. The molecule has 2 rings (SSSR count). The van der Waals surface area contributed by atoms with Gasteiger partial charge in [-0.05, 0) is 17.7 Å². The fraction of sp³-hybridized carbons (Fsp3) is 0.357. The Kier molecular flexibility index (Phi) is 3.79. The Morgan fingerprint density at radius 3 is 2.47 bits per heavy atom. The first-order valence-electron chi connectivity index (χ1n) is 5.76. The van der Waals surface area contributed by atoms with Gasteiger partial charge < -0.3 is 4.74 Å². The van der Waals surface area contributed by atoms with Crippen molar-refractivity contribution in [2.45, 2.75) is 26.2 Å². The normalized spacial score (nSPS) is 10.8. The molecule has 2 nitrogen and oxygen atoms in total. The molecule has 0 saturated heterocycles. The first kappa shape index (κ1) is 12.1. The average molecular weight is 247 g/mol. The molecule has 0 aliphatic heterocycles. The van der Waals surface area contributed by atoms with Gasteiger partial charge in [0.15, 0.2) is 0 Å². The van der Waals surface area contributed by atoms with Crippen LogP contribution >= 0.6 is 11.3 Å². The number of aromatic nitrogens is 1. The highest BCUT2D eigenvalue weighted by Gasteiger charge is 2.06. The fourth-order valence-corrected chi connectivity index (χ4v) is 2.57. The molecule has 0 aliphatic carbocycles. The van der Waals surface area contributed by atoms with E-state index in [1.54, 1.807) is 18.4 Å². The molecule has 0 N–H and O–H groups in total. The molecule has 3 heteroatoms. The highest BCUT2D eigenvalue weighted by Crippen LogP contribution is 2.23. The lowest BCUT2D eigenvalue weighted by atomic mass is 10.1. The van der Waals surface area contributed by atoms with Crippen molar-refractivity contribution < 1.29 is 4.74 Å². The van der Waals surface area contributed by atoms with Gasteiger partial charge in [-0.15, -0.1) is 11.3 Å². The first-order valence-corrected chi connectivity index (χ1v) is 6.58. The van der Waals surface area contributed by atoms with E-state index in [9.17, 15) is 0 Å². The molecule has 0 amide bonds. The van der Waals surface area contributed by atoms with Crippen LogP contribution in [-0.2, 0) is 6.42 Å². The number of benzene rings is 1. The third-order valence-electron chi connectivity index (χ3n) is 2.60. The van der Waals surface area contributed by atoms with E-state index in [0.29, 0.717) is 5.92 Å². The van der Waals surface area contributed by atoms with Crippen molar-refractivity contribution in [3.8, 4) is 5.75 Å². The van der Waals surface area contributed by atoms with Crippen molar-refractivity contribution in [3.63, 3.8) is 0 Å². The van der Waals surface area contributed by atoms with Crippen LogP contribution in [0.5, 0.6) is 5.75 Å². The maximum absolute atomic E-state index is 5.15. The molecule has 1 aromatic carbocycles. The first-order chi connectivity index (χ1) is 8.19. The molecule has 17 heavy (non-hydrogen) atoms. The SMILES string of the molecule is COc1ccc(Cc2cnc(C(C)C)s2)cc1. The molecule has 0 unspecified atom stereocenters. The van der Waals surface area contributed by atoms with Gasteiger partial charge in [-0.3, -0.25) is 0 Å². The minimum atomic E-state index is 0.518. The fourth-order valence-electron chi connectivity index (χ4n) is 1.62. The van der Waals surface area contributed by atoms with E-state index in [1.165, 1.54) is 15.4 Å². The second-order valence-electron chi connectivity index (χ2n) is 4.34. The topological polar surface area (TPSA) is 22.1 Å². The Bertz CT molecular complexity index is 473. The van der Waals surface area contributed by atoms with Gasteiger partial charge in [-0.25, -0.2) is 4.98 Å². The number of thiazole rings is 1. The summed E-state index contributed by atoms with van der Waals surface area (Å²) in [6, 6.07) is 8.21. The second-order valence-corrected chi connectivity index (χ2v) is 5.49. The molecule has 0 radical (unpaired) electrons. The van der Waals surface area contributed by atoms with Crippen molar-refractivity contribution in [2.75, 3.05) is 7.11 Å². The molecule has 1 heterocycles. The van der Waals surface area contributed by atoms with E-state index in [-0.39, 0.29) is 0 Å². The monoisotopic (exact) mass is 247 g/mol. The second kappa shape index (κ2) is 5.32. The Hall–Kier alpha value is -1.35. The number of rotatable bonds is 4. The van der Waals surface area contributed by atoms with Crippen LogP contribution in [0.2, 0.25) is 0 Å². The lowest BCUT2D eigenvalue weighted by Crippen LogP contribution is -1.86. The van der Waals surface area contributed by atoms with Gasteiger partial charge in [0.2, 0.25) is 0 Å². The summed E-state index contributed by atoms with van der Waals surface area (Å²) in [6.45, 7) is 4.35. The van der Waals surface area contributed by atoms with Gasteiger partial charge in [0, 0.05) is 23.4 Å². The number of nitrogens with zero attached hydrogens (tertiary/aromatic N) is 1. The van der Waals surface area contributed by atoms with Crippen molar-refractivity contribution in [1.82, 2.24) is 4.98 Å². The van der Waals surface area contributed by atoms with Crippen LogP contribution in [0.3, 0.4) is 0 Å². The smallest absolute Gasteiger partial charge is 0.118 e. The van der Waals surface area contributed by atoms with Crippen LogP contribution < -0.4 is 4.74 Å². The zero-order chi connectivity index (χ0) is 12.3. The summed E-state index contributed by atoms with van der Waals surface area (Å²) in [6.07, 6.45) is 2.94. The molecule has 0 atom stereocenters. The Morgan fingerprint density at radius 2 is 1.94 bits per heavy atom. The van der Waals surface area contributed by atoms with Crippen molar-refractivity contribution in [1.29, 1.82) is 0 Å². The van der Waals surface area contributed by atoms with Crippen molar-refractivity contribution in [2.24, 2.45) is 0 Å².